The normalized spacial score (nSPS) is 11.5. The van der Waals surface area contributed by atoms with Gasteiger partial charge in [-0.25, -0.2) is 0 Å². The minimum absolute atomic E-state index is 0.273. The van der Waals surface area contributed by atoms with Gasteiger partial charge >= 0.3 is 0 Å². The Labute approximate surface area is 176 Å². The lowest BCUT2D eigenvalue weighted by Gasteiger charge is -2.17. The molecule has 150 valence electrons. The number of carbonyl (C=O) groups excluding carboxylic acids is 1. The summed E-state index contributed by atoms with van der Waals surface area (Å²) in [7, 11) is 0. The summed E-state index contributed by atoms with van der Waals surface area (Å²) in [5.41, 5.74) is 1.90. The molecule has 0 fully saturated rings. The van der Waals surface area contributed by atoms with Crippen molar-refractivity contribution in [3.05, 3.63) is 89.4 Å². The van der Waals surface area contributed by atoms with Crippen LogP contribution < -0.4 is 14.8 Å². The van der Waals surface area contributed by atoms with Gasteiger partial charge in [0.05, 0.1) is 17.3 Å². The van der Waals surface area contributed by atoms with Gasteiger partial charge in [-0.2, -0.15) is 0 Å². The third-order valence-corrected chi connectivity index (χ3v) is 4.68. The summed E-state index contributed by atoms with van der Waals surface area (Å²) in [5, 5.41) is 3.34. The number of nitrogens with one attached hydrogen (secondary N) is 1. The molecule has 1 amide bonds. The van der Waals surface area contributed by atoms with Gasteiger partial charge < -0.3 is 14.8 Å². The van der Waals surface area contributed by atoms with E-state index in [9.17, 15) is 4.79 Å². The van der Waals surface area contributed by atoms with E-state index in [0.29, 0.717) is 28.8 Å². The van der Waals surface area contributed by atoms with Crippen LogP contribution in [0.2, 0.25) is 5.02 Å². The molecule has 1 N–H and O–H groups in total. The Morgan fingerprint density at radius 2 is 1.59 bits per heavy atom. The van der Waals surface area contributed by atoms with Crippen molar-refractivity contribution in [1.29, 1.82) is 0 Å². The number of para-hydroxylation sites is 3. The fraction of sp³-hybridized carbons (Fsp3) is 0.208. The molecule has 0 spiro atoms. The van der Waals surface area contributed by atoms with E-state index < -0.39 is 6.10 Å². The molecular formula is C24H24ClNO3. The molecule has 0 bridgehead atoms. The minimum atomic E-state index is -0.707. The number of rotatable bonds is 9. The summed E-state index contributed by atoms with van der Waals surface area (Å²) >= 11 is 6.10. The first-order chi connectivity index (χ1) is 14.1. The van der Waals surface area contributed by atoms with Crippen molar-refractivity contribution >= 4 is 23.2 Å². The van der Waals surface area contributed by atoms with Gasteiger partial charge in [0.25, 0.3) is 5.91 Å². The third-order valence-electron chi connectivity index (χ3n) is 4.36. The van der Waals surface area contributed by atoms with Crippen LogP contribution in [0.3, 0.4) is 0 Å². The van der Waals surface area contributed by atoms with Gasteiger partial charge in [0.15, 0.2) is 6.10 Å². The van der Waals surface area contributed by atoms with Gasteiger partial charge in [-0.15, -0.1) is 0 Å². The van der Waals surface area contributed by atoms with Crippen molar-refractivity contribution in [3.63, 3.8) is 0 Å². The Morgan fingerprint density at radius 3 is 2.34 bits per heavy atom. The van der Waals surface area contributed by atoms with Gasteiger partial charge in [-0.3, -0.25) is 4.79 Å². The molecule has 0 radical (unpaired) electrons. The van der Waals surface area contributed by atoms with Crippen LogP contribution >= 0.6 is 11.6 Å². The third kappa shape index (κ3) is 6.26. The van der Waals surface area contributed by atoms with E-state index in [1.807, 2.05) is 54.6 Å². The van der Waals surface area contributed by atoms with E-state index in [4.69, 9.17) is 21.1 Å². The van der Waals surface area contributed by atoms with Crippen molar-refractivity contribution < 1.29 is 14.3 Å². The maximum Gasteiger partial charge on any atom is 0.265 e. The van der Waals surface area contributed by atoms with Crippen molar-refractivity contribution in [2.75, 3.05) is 11.9 Å². The molecule has 3 aromatic rings. The molecule has 0 heterocycles. The smallest absolute Gasteiger partial charge is 0.265 e. The molecule has 0 saturated heterocycles. The number of hydrogen-bond acceptors (Lipinski definition) is 3. The van der Waals surface area contributed by atoms with E-state index in [-0.39, 0.29) is 5.91 Å². The number of carbonyl (C=O) groups is 1. The predicted octanol–water partition coefficient (Wildman–Crippen LogP) is 5.76. The molecule has 0 aliphatic rings. The summed E-state index contributed by atoms with van der Waals surface area (Å²) in [6.45, 7) is 2.25. The predicted molar refractivity (Wildman–Crippen MR) is 117 cm³/mol. The van der Waals surface area contributed by atoms with E-state index >= 15 is 0 Å². The Hall–Kier alpha value is -2.98. The highest BCUT2D eigenvalue weighted by atomic mass is 35.5. The largest absolute Gasteiger partial charge is 0.491 e. The van der Waals surface area contributed by atoms with Crippen molar-refractivity contribution in [3.8, 4) is 11.5 Å². The second-order valence-electron chi connectivity index (χ2n) is 6.61. The molecule has 0 saturated carbocycles. The fourth-order valence-corrected chi connectivity index (χ4v) is 3.00. The van der Waals surface area contributed by atoms with Gasteiger partial charge in [0.1, 0.15) is 11.5 Å². The molecule has 1 unspecified atom stereocenters. The summed E-state index contributed by atoms with van der Waals surface area (Å²) in [5.74, 6) is 0.839. The highest BCUT2D eigenvalue weighted by Gasteiger charge is 2.17. The summed E-state index contributed by atoms with van der Waals surface area (Å²) in [6, 6.07) is 24.8. The highest BCUT2D eigenvalue weighted by Crippen LogP contribution is 2.26. The molecule has 3 rings (SSSR count). The second kappa shape index (κ2) is 10.5. The van der Waals surface area contributed by atoms with Crippen molar-refractivity contribution in [2.45, 2.75) is 25.9 Å². The fourth-order valence-electron chi connectivity index (χ4n) is 2.82. The Morgan fingerprint density at radius 1 is 0.931 bits per heavy atom. The van der Waals surface area contributed by atoms with Gasteiger partial charge in [0.2, 0.25) is 0 Å². The lowest BCUT2D eigenvalue weighted by atomic mass is 10.1. The molecule has 3 aromatic carbocycles. The minimum Gasteiger partial charge on any atom is -0.491 e. The zero-order valence-corrected chi connectivity index (χ0v) is 17.1. The van der Waals surface area contributed by atoms with E-state index in [0.717, 1.165) is 12.8 Å². The number of benzene rings is 3. The molecule has 0 aromatic heterocycles. The molecule has 5 heteroatoms. The van der Waals surface area contributed by atoms with Crippen LogP contribution in [0.15, 0.2) is 78.9 Å². The molecule has 0 aliphatic carbocycles. The van der Waals surface area contributed by atoms with E-state index in [1.54, 1.807) is 19.1 Å². The van der Waals surface area contributed by atoms with Gasteiger partial charge in [-0.1, -0.05) is 66.2 Å². The highest BCUT2D eigenvalue weighted by molar-refractivity contribution is 6.32. The van der Waals surface area contributed by atoms with Gasteiger partial charge in [0, 0.05) is 0 Å². The van der Waals surface area contributed by atoms with Crippen LogP contribution in [0.5, 0.6) is 11.5 Å². The number of anilines is 1. The SMILES string of the molecule is CC(Oc1ccccc1Cl)C(=O)Nc1ccccc1OCCCc1ccccc1. The molecule has 29 heavy (non-hydrogen) atoms. The number of amides is 1. The molecule has 0 aliphatic heterocycles. The number of aryl methyl sites for hydroxylation is 1. The molecular weight excluding hydrogens is 386 g/mol. The summed E-state index contributed by atoms with van der Waals surface area (Å²) in [6.07, 6.45) is 1.12. The van der Waals surface area contributed by atoms with Crippen LogP contribution in [0.4, 0.5) is 5.69 Å². The van der Waals surface area contributed by atoms with E-state index in [1.165, 1.54) is 5.56 Å². The Kier molecular flexibility index (Phi) is 7.54. The zero-order chi connectivity index (χ0) is 20.5. The van der Waals surface area contributed by atoms with Crippen LogP contribution in [0, 0.1) is 0 Å². The van der Waals surface area contributed by atoms with Crippen LogP contribution in [-0.2, 0) is 11.2 Å². The Bertz CT molecular complexity index is 930. The monoisotopic (exact) mass is 409 g/mol. The first kappa shape index (κ1) is 20.7. The molecule has 4 nitrogen and oxygen atoms in total. The standard InChI is InChI=1S/C24H24ClNO3/c1-18(29-22-15-7-5-13-20(22)25)24(27)26-21-14-6-8-16-23(21)28-17-9-12-19-10-3-2-4-11-19/h2-8,10-11,13-16,18H,9,12,17H2,1H3,(H,26,27). The Balaban J connectivity index is 1.54. The first-order valence-electron chi connectivity index (χ1n) is 9.61. The lowest BCUT2D eigenvalue weighted by Crippen LogP contribution is -2.30. The summed E-state index contributed by atoms with van der Waals surface area (Å²) in [4.78, 5) is 12.6. The first-order valence-corrected chi connectivity index (χ1v) is 9.99. The average molecular weight is 410 g/mol. The van der Waals surface area contributed by atoms with Crippen LogP contribution in [0.1, 0.15) is 18.9 Å². The second-order valence-corrected chi connectivity index (χ2v) is 7.02. The number of halogens is 1. The van der Waals surface area contributed by atoms with Crippen molar-refractivity contribution in [1.82, 2.24) is 0 Å². The van der Waals surface area contributed by atoms with Crippen LogP contribution in [0.25, 0.3) is 0 Å². The molecule has 1 atom stereocenters. The van der Waals surface area contributed by atoms with E-state index in [2.05, 4.69) is 17.4 Å². The number of ether oxygens (including phenoxy) is 2. The lowest BCUT2D eigenvalue weighted by molar-refractivity contribution is -0.122. The maximum absolute atomic E-state index is 12.6. The number of hydrogen-bond donors (Lipinski definition) is 1. The zero-order valence-electron chi connectivity index (χ0n) is 16.3. The topological polar surface area (TPSA) is 47.6 Å². The maximum atomic E-state index is 12.6. The van der Waals surface area contributed by atoms with Crippen LogP contribution in [-0.4, -0.2) is 18.6 Å². The average Bonchev–Trinajstić information content (AvgIpc) is 2.74. The van der Waals surface area contributed by atoms with Gasteiger partial charge in [-0.05, 0) is 49.6 Å². The quantitative estimate of drug-likeness (QED) is 0.457. The summed E-state index contributed by atoms with van der Waals surface area (Å²) < 4.78 is 11.6. The van der Waals surface area contributed by atoms with Crippen molar-refractivity contribution in [2.24, 2.45) is 0 Å².